The predicted molar refractivity (Wildman–Crippen MR) is 78.3 cm³/mol. The van der Waals surface area contributed by atoms with Gasteiger partial charge in [0.2, 0.25) is 5.95 Å². The normalized spacial score (nSPS) is 23.5. The van der Waals surface area contributed by atoms with E-state index in [0.717, 1.165) is 37.5 Å². The molecule has 0 radical (unpaired) electrons. The zero-order valence-corrected chi connectivity index (χ0v) is 12.3. The maximum absolute atomic E-state index is 5.11. The largest absolute Gasteiger partial charge is 0.383 e. The number of rotatable bonds is 7. The van der Waals surface area contributed by atoms with Crippen LogP contribution in [0.25, 0.3) is 0 Å². The summed E-state index contributed by atoms with van der Waals surface area (Å²) in [5.74, 6) is 2.77. The SMILES string of the molecule is CCC1CCC(CNc2nccn2CCOC)CC1. The molecule has 1 N–H and O–H groups in total. The Labute approximate surface area is 116 Å². The van der Waals surface area contributed by atoms with Gasteiger partial charge in [-0.05, 0) is 24.7 Å². The fraction of sp³-hybridized carbons (Fsp3) is 0.800. The van der Waals surface area contributed by atoms with Crippen LogP contribution in [0.4, 0.5) is 5.95 Å². The van der Waals surface area contributed by atoms with Gasteiger partial charge in [0.1, 0.15) is 0 Å². The molecule has 2 rings (SSSR count). The highest BCUT2D eigenvalue weighted by molar-refractivity contribution is 5.25. The molecule has 0 saturated heterocycles. The van der Waals surface area contributed by atoms with Gasteiger partial charge in [-0.15, -0.1) is 0 Å². The van der Waals surface area contributed by atoms with Crippen LogP contribution in [0.1, 0.15) is 39.0 Å². The Hall–Kier alpha value is -1.03. The Morgan fingerprint density at radius 2 is 2.05 bits per heavy atom. The van der Waals surface area contributed by atoms with Crippen LogP contribution in [-0.4, -0.2) is 29.8 Å². The summed E-state index contributed by atoms with van der Waals surface area (Å²) in [5, 5.41) is 3.50. The van der Waals surface area contributed by atoms with Crippen molar-refractivity contribution in [1.29, 1.82) is 0 Å². The second-order valence-electron chi connectivity index (χ2n) is 5.61. The Balaban J connectivity index is 1.75. The molecule has 0 aliphatic heterocycles. The van der Waals surface area contributed by atoms with Crippen LogP contribution in [0, 0.1) is 11.8 Å². The summed E-state index contributed by atoms with van der Waals surface area (Å²) < 4.78 is 7.24. The molecule has 0 aromatic carbocycles. The van der Waals surface area contributed by atoms with Crippen molar-refractivity contribution in [1.82, 2.24) is 9.55 Å². The molecule has 1 aromatic rings. The van der Waals surface area contributed by atoms with E-state index >= 15 is 0 Å². The third-order valence-electron chi connectivity index (χ3n) is 4.34. The summed E-state index contributed by atoms with van der Waals surface area (Å²) in [4.78, 5) is 4.38. The number of nitrogens with one attached hydrogen (secondary N) is 1. The van der Waals surface area contributed by atoms with Gasteiger partial charge in [0.15, 0.2) is 0 Å². The minimum absolute atomic E-state index is 0.729. The van der Waals surface area contributed by atoms with Crippen molar-refractivity contribution in [2.75, 3.05) is 25.6 Å². The Morgan fingerprint density at radius 3 is 2.74 bits per heavy atom. The quantitative estimate of drug-likeness (QED) is 0.823. The van der Waals surface area contributed by atoms with E-state index in [-0.39, 0.29) is 0 Å². The molecule has 0 spiro atoms. The van der Waals surface area contributed by atoms with E-state index in [0.29, 0.717) is 0 Å². The highest BCUT2D eigenvalue weighted by Gasteiger charge is 2.20. The summed E-state index contributed by atoms with van der Waals surface area (Å²) in [7, 11) is 1.73. The second kappa shape index (κ2) is 7.53. The van der Waals surface area contributed by atoms with Gasteiger partial charge in [-0.2, -0.15) is 0 Å². The van der Waals surface area contributed by atoms with Gasteiger partial charge < -0.3 is 14.6 Å². The number of aromatic nitrogens is 2. The molecule has 108 valence electrons. The van der Waals surface area contributed by atoms with Crippen molar-refractivity contribution < 1.29 is 4.74 Å². The number of ether oxygens (including phenoxy) is 1. The van der Waals surface area contributed by atoms with Crippen LogP contribution in [0.5, 0.6) is 0 Å². The zero-order valence-electron chi connectivity index (χ0n) is 12.3. The van der Waals surface area contributed by atoms with E-state index in [2.05, 4.69) is 21.8 Å². The van der Waals surface area contributed by atoms with Gasteiger partial charge >= 0.3 is 0 Å². The number of nitrogens with zero attached hydrogens (tertiary/aromatic N) is 2. The molecule has 0 unspecified atom stereocenters. The third-order valence-corrected chi connectivity index (χ3v) is 4.34. The van der Waals surface area contributed by atoms with Crippen molar-refractivity contribution in [3.8, 4) is 0 Å². The lowest BCUT2D eigenvalue weighted by Gasteiger charge is -2.28. The fourth-order valence-electron chi connectivity index (χ4n) is 2.93. The van der Waals surface area contributed by atoms with E-state index in [1.807, 2.05) is 12.4 Å². The number of hydrogen-bond acceptors (Lipinski definition) is 3. The van der Waals surface area contributed by atoms with Crippen molar-refractivity contribution in [3.05, 3.63) is 12.4 Å². The molecular weight excluding hydrogens is 238 g/mol. The monoisotopic (exact) mass is 265 g/mol. The Bertz CT molecular complexity index is 356. The van der Waals surface area contributed by atoms with Crippen molar-refractivity contribution in [2.45, 2.75) is 45.6 Å². The summed E-state index contributed by atoms with van der Waals surface area (Å²) >= 11 is 0. The average Bonchev–Trinajstić information content (AvgIpc) is 2.91. The topological polar surface area (TPSA) is 39.1 Å². The molecule has 0 bridgehead atoms. The molecular formula is C15H27N3O. The standard InChI is InChI=1S/C15H27N3O/c1-3-13-4-6-14(7-5-13)12-17-15-16-8-9-18(15)10-11-19-2/h8-9,13-14H,3-7,10-12H2,1-2H3,(H,16,17). The second-order valence-corrected chi connectivity index (χ2v) is 5.61. The lowest BCUT2D eigenvalue weighted by atomic mass is 9.81. The van der Waals surface area contributed by atoms with Crippen LogP contribution in [0.3, 0.4) is 0 Å². The third kappa shape index (κ3) is 4.23. The molecule has 1 aromatic heterocycles. The molecule has 0 atom stereocenters. The summed E-state index contributed by atoms with van der Waals surface area (Å²) in [6.07, 6.45) is 10.7. The van der Waals surface area contributed by atoms with Crippen molar-refractivity contribution in [2.24, 2.45) is 11.8 Å². The van der Waals surface area contributed by atoms with Gasteiger partial charge in [-0.1, -0.05) is 26.2 Å². The average molecular weight is 265 g/mol. The first-order valence-electron chi connectivity index (χ1n) is 7.57. The van der Waals surface area contributed by atoms with Gasteiger partial charge in [-0.3, -0.25) is 0 Å². The fourth-order valence-corrected chi connectivity index (χ4v) is 2.93. The zero-order chi connectivity index (χ0) is 13.5. The maximum Gasteiger partial charge on any atom is 0.202 e. The van der Waals surface area contributed by atoms with Crippen LogP contribution in [-0.2, 0) is 11.3 Å². The maximum atomic E-state index is 5.11. The summed E-state index contributed by atoms with van der Waals surface area (Å²) in [5.41, 5.74) is 0. The highest BCUT2D eigenvalue weighted by atomic mass is 16.5. The van der Waals surface area contributed by atoms with E-state index in [1.165, 1.54) is 32.1 Å². The highest BCUT2D eigenvalue weighted by Crippen LogP contribution is 2.30. The Morgan fingerprint density at radius 1 is 1.32 bits per heavy atom. The molecule has 1 saturated carbocycles. The molecule has 1 heterocycles. The number of hydrogen-bond donors (Lipinski definition) is 1. The lowest BCUT2D eigenvalue weighted by molar-refractivity contribution is 0.187. The summed E-state index contributed by atoms with van der Waals surface area (Å²) in [6, 6.07) is 0. The first kappa shape index (κ1) is 14.4. The van der Waals surface area contributed by atoms with Crippen LogP contribution < -0.4 is 5.32 Å². The van der Waals surface area contributed by atoms with Gasteiger partial charge in [0, 0.05) is 32.6 Å². The lowest BCUT2D eigenvalue weighted by Crippen LogP contribution is -2.22. The van der Waals surface area contributed by atoms with Crippen molar-refractivity contribution >= 4 is 5.95 Å². The van der Waals surface area contributed by atoms with E-state index in [9.17, 15) is 0 Å². The molecule has 4 nitrogen and oxygen atoms in total. The number of imidazole rings is 1. The van der Waals surface area contributed by atoms with Crippen molar-refractivity contribution in [3.63, 3.8) is 0 Å². The van der Waals surface area contributed by atoms with Crippen LogP contribution in [0.15, 0.2) is 12.4 Å². The van der Waals surface area contributed by atoms with Gasteiger partial charge in [0.25, 0.3) is 0 Å². The Kier molecular flexibility index (Phi) is 5.70. The van der Waals surface area contributed by atoms with Gasteiger partial charge in [-0.25, -0.2) is 4.98 Å². The summed E-state index contributed by atoms with van der Waals surface area (Å²) in [6.45, 7) is 4.96. The van der Waals surface area contributed by atoms with Crippen LogP contribution >= 0.6 is 0 Å². The van der Waals surface area contributed by atoms with E-state index < -0.39 is 0 Å². The minimum Gasteiger partial charge on any atom is -0.383 e. The first-order chi connectivity index (χ1) is 9.33. The number of methoxy groups -OCH3 is 1. The molecule has 1 aliphatic carbocycles. The first-order valence-corrected chi connectivity index (χ1v) is 7.57. The predicted octanol–water partition coefficient (Wildman–Crippen LogP) is 3.16. The molecule has 1 aliphatic rings. The van der Waals surface area contributed by atoms with Gasteiger partial charge in [0.05, 0.1) is 6.61 Å². The van der Waals surface area contributed by atoms with E-state index in [4.69, 9.17) is 4.74 Å². The molecule has 0 amide bonds. The van der Waals surface area contributed by atoms with E-state index in [1.54, 1.807) is 7.11 Å². The minimum atomic E-state index is 0.729. The molecule has 19 heavy (non-hydrogen) atoms. The number of anilines is 1. The smallest absolute Gasteiger partial charge is 0.202 e. The van der Waals surface area contributed by atoms with Crippen LogP contribution in [0.2, 0.25) is 0 Å². The molecule has 4 heteroatoms. The molecule has 1 fully saturated rings.